The summed E-state index contributed by atoms with van der Waals surface area (Å²) in [6, 6.07) is 12.5. The molecule has 1 heterocycles. The number of aryl methyl sites for hydroxylation is 1. The van der Waals surface area contributed by atoms with Crippen LogP contribution in [0.15, 0.2) is 42.5 Å². The van der Waals surface area contributed by atoms with Gasteiger partial charge in [0.2, 0.25) is 5.91 Å². The Morgan fingerprint density at radius 3 is 2.61 bits per heavy atom. The number of carbonyl (C=O) groups is 2. The van der Waals surface area contributed by atoms with E-state index >= 15 is 0 Å². The summed E-state index contributed by atoms with van der Waals surface area (Å²) in [4.78, 5) is 26.8. The Hall–Kier alpha value is -2.73. The fraction of sp³-hybridized carbons (Fsp3) is 0.417. The van der Waals surface area contributed by atoms with Crippen LogP contribution in [0, 0.1) is 12.8 Å². The van der Waals surface area contributed by atoms with E-state index in [4.69, 9.17) is 21.1 Å². The van der Waals surface area contributed by atoms with Gasteiger partial charge in [0.1, 0.15) is 11.5 Å². The van der Waals surface area contributed by atoms with Crippen LogP contribution in [0.2, 0.25) is 5.02 Å². The van der Waals surface area contributed by atoms with Gasteiger partial charge in [0.25, 0.3) is 5.91 Å². The lowest BCUT2D eigenvalue weighted by molar-refractivity contribution is -0.135. The number of benzene rings is 2. The van der Waals surface area contributed by atoms with E-state index in [-0.39, 0.29) is 18.4 Å². The molecule has 2 amide bonds. The molecule has 166 valence electrons. The van der Waals surface area contributed by atoms with Gasteiger partial charge in [0.15, 0.2) is 6.61 Å². The molecule has 3 rings (SSSR count). The molecule has 7 heteroatoms. The topological polar surface area (TPSA) is 67.9 Å². The highest BCUT2D eigenvalue weighted by Crippen LogP contribution is 2.24. The molecule has 31 heavy (non-hydrogen) atoms. The van der Waals surface area contributed by atoms with Gasteiger partial charge < -0.3 is 19.7 Å². The monoisotopic (exact) mass is 444 g/mol. The maximum absolute atomic E-state index is 12.5. The molecule has 2 aromatic carbocycles. The quantitative estimate of drug-likeness (QED) is 0.641. The van der Waals surface area contributed by atoms with Crippen LogP contribution < -0.4 is 14.8 Å². The molecule has 1 saturated heterocycles. The first-order valence-corrected chi connectivity index (χ1v) is 10.9. The molecule has 1 N–H and O–H groups in total. The van der Waals surface area contributed by atoms with Crippen LogP contribution in [0.4, 0.5) is 5.69 Å². The molecule has 0 saturated carbocycles. The van der Waals surface area contributed by atoms with Gasteiger partial charge in [0.05, 0.1) is 7.11 Å². The van der Waals surface area contributed by atoms with Gasteiger partial charge in [-0.15, -0.1) is 0 Å². The highest BCUT2D eigenvalue weighted by atomic mass is 35.5. The van der Waals surface area contributed by atoms with Crippen LogP contribution in [-0.4, -0.2) is 43.5 Å². The van der Waals surface area contributed by atoms with Gasteiger partial charge in [-0.25, -0.2) is 0 Å². The molecule has 1 aliphatic rings. The largest absolute Gasteiger partial charge is 0.497 e. The van der Waals surface area contributed by atoms with Gasteiger partial charge >= 0.3 is 0 Å². The molecule has 1 unspecified atom stereocenters. The van der Waals surface area contributed by atoms with E-state index in [9.17, 15) is 9.59 Å². The zero-order chi connectivity index (χ0) is 22.2. The average molecular weight is 445 g/mol. The van der Waals surface area contributed by atoms with E-state index in [1.165, 1.54) is 0 Å². The first kappa shape index (κ1) is 22.9. The number of likely N-dealkylation sites (tertiary alicyclic amines) is 1. The highest BCUT2D eigenvalue weighted by Gasteiger charge is 2.24. The second-order valence-electron chi connectivity index (χ2n) is 7.86. The molecule has 0 aliphatic carbocycles. The standard InChI is InChI=1S/C24H29ClN2O4/c1-17-14-21(30-2)10-11-22(17)26-23(28)12-5-18-4-3-13-27(15-18)24(29)16-31-20-8-6-19(25)7-9-20/h6-11,14,18H,3-5,12-13,15-16H2,1-2H3,(H,26,28). The van der Waals surface area contributed by atoms with Crippen LogP contribution in [0.5, 0.6) is 11.5 Å². The minimum Gasteiger partial charge on any atom is -0.497 e. The van der Waals surface area contributed by atoms with Crippen LogP contribution in [-0.2, 0) is 9.59 Å². The average Bonchev–Trinajstić information content (AvgIpc) is 2.78. The van der Waals surface area contributed by atoms with E-state index in [1.54, 1.807) is 31.4 Å². The second-order valence-corrected chi connectivity index (χ2v) is 8.29. The zero-order valence-corrected chi connectivity index (χ0v) is 18.8. The van der Waals surface area contributed by atoms with E-state index < -0.39 is 0 Å². The number of nitrogens with one attached hydrogen (secondary N) is 1. The van der Waals surface area contributed by atoms with Gasteiger partial charge in [-0.3, -0.25) is 9.59 Å². The van der Waals surface area contributed by atoms with Crippen molar-refractivity contribution in [3.63, 3.8) is 0 Å². The molecule has 2 aromatic rings. The number of ether oxygens (including phenoxy) is 2. The second kappa shape index (κ2) is 11.0. The molecule has 0 radical (unpaired) electrons. The third-order valence-corrected chi connectivity index (χ3v) is 5.79. The molecule has 0 aromatic heterocycles. The number of piperidine rings is 1. The lowest BCUT2D eigenvalue weighted by Crippen LogP contribution is -2.42. The molecule has 0 bridgehead atoms. The third-order valence-electron chi connectivity index (χ3n) is 5.53. The Bertz CT molecular complexity index is 901. The molecule has 0 spiro atoms. The van der Waals surface area contributed by atoms with Crippen molar-refractivity contribution in [3.05, 3.63) is 53.1 Å². The van der Waals surface area contributed by atoms with Crippen LogP contribution in [0.25, 0.3) is 0 Å². The summed E-state index contributed by atoms with van der Waals surface area (Å²) < 4.78 is 10.8. The Balaban J connectivity index is 1.43. The maximum Gasteiger partial charge on any atom is 0.260 e. The summed E-state index contributed by atoms with van der Waals surface area (Å²) in [5.74, 6) is 1.66. The van der Waals surface area contributed by atoms with E-state index in [0.717, 1.165) is 42.8 Å². The number of nitrogens with zero attached hydrogens (tertiary/aromatic N) is 1. The summed E-state index contributed by atoms with van der Waals surface area (Å²) in [6.45, 7) is 3.34. The molecule has 1 atom stereocenters. The van der Waals surface area contributed by atoms with Gasteiger partial charge in [-0.2, -0.15) is 0 Å². The SMILES string of the molecule is COc1ccc(NC(=O)CCC2CCCN(C(=O)COc3ccc(Cl)cc3)C2)c(C)c1. The van der Waals surface area contributed by atoms with Crippen molar-refractivity contribution in [1.29, 1.82) is 0 Å². The van der Waals surface area contributed by atoms with Crippen molar-refractivity contribution in [2.45, 2.75) is 32.6 Å². The number of amides is 2. The van der Waals surface area contributed by atoms with Crippen molar-refractivity contribution in [2.75, 3.05) is 32.1 Å². The first-order valence-electron chi connectivity index (χ1n) is 10.5. The maximum atomic E-state index is 12.5. The number of halogens is 1. The summed E-state index contributed by atoms with van der Waals surface area (Å²) in [5, 5.41) is 3.60. The van der Waals surface area contributed by atoms with Gasteiger partial charge in [-0.1, -0.05) is 11.6 Å². The van der Waals surface area contributed by atoms with E-state index in [1.807, 2.05) is 30.0 Å². The summed E-state index contributed by atoms with van der Waals surface area (Å²) in [7, 11) is 1.62. The molecular weight excluding hydrogens is 416 g/mol. The Morgan fingerprint density at radius 1 is 1.16 bits per heavy atom. The predicted molar refractivity (Wildman–Crippen MR) is 122 cm³/mol. The summed E-state index contributed by atoms with van der Waals surface area (Å²) >= 11 is 5.87. The predicted octanol–water partition coefficient (Wildman–Crippen LogP) is 4.69. The van der Waals surface area contributed by atoms with Crippen molar-refractivity contribution >= 4 is 29.1 Å². The summed E-state index contributed by atoms with van der Waals surface area (Å²) in [6.07, 6.45) is 3.15. The fourth-order valence-electron chi connectivity index (χ4n) is 3.75. The first-order chi connectivity index (χ1) is 14.9. The highest BCUT2D eigenvalue weighted by molar-refractivity contribution is 6.30. The minimum absolute atomic E-state index is 0.00554. The van der Waals surface area contributed by atoms with Gasteiger partial charge in [-0.05, 0) is 80.1 Å². The van der Waals surface area contributed by atoms with E-state index in [2.05, 4.69) is 5.32 Å². The van der Waals surface area contributed by atoms with Crippen LogP contribution >= 0.6 is 11.6 Å². The van der Waals surface area contributed by atoms with Crippen molar-refractivity contribution in [2.24, 2.45) is 5.92 Å². The number of hydrogen-bond donors (Lipinski definition) is 1. The Kier molecular flexibility index (Phi) is 8.18. The number of anilines is 1. The van der Waals surface area contributed by atoms with Crippen molar-refractivity contribution in [1.82, 2.24) is 4.90 Å². The fourth-order valence-corrected chi connectivity index (χ4v) is 3.87. The minimum atomic E-state index is -0.0297. The lowest BCUT2D eigenvalue weighted by Gasteiger charge is -2.32. The lowest BCUT2D eigenvalue weighted by atomic mass is 9.93. The van der Waals surface area contributed by atoms with Crippen molar-refractivity contribution < 1.29 is 19.1 Å². The summed E-state index contributed by atoms with van der Waals surface area (Å²) in [5.41, 5.74) is 1.76. The normalized spacial score (nSPS) is 16.0. The molecule has 1 fully saturated rings. The molecule has 6 nitrogen and oxygen atoms in total. The van der Waals surface area contributed by atoms with Crippen molar-refractivity contribution in [3.8, 4) is 11.5 Å². The smallest absolute Gasteiger partial charge is 0.260 e. The third kappa shape index (κ3) is 6.89. The number of methoxy groups -OCH3 is 1. The number of rotatable bonds is 8. The molecule has 1 aliphatic heterocycles. The van der Waals surface area contributed by atoms with Crippen LogP contribution in [0.1, 0.15) is 31.2 Å². The zero-order valence-electron chi connectivity index (χ0n) is 18.0. The number of hydrogen-bond acceptors (Lipinski definition) is 4. The van der Waals surface area contributed by atoms with E-state index in [0.29, 0.717) is 29.7 Å². The number of carbonyl (C=O) groups excluding carboxylic acids is 2. The van der Waals surface area contributed by atoms with Crippen LogP contribution in [0.3, 0.4) is 0 Å². The Morgan fingerprint density at radius 2 is 1.90 bits per heavy atom. The Labute approximate surface area is 188 Å². The van der Waals surface area contributed by atoms with Gasteiger partial charge in [0, 0.05) is 30.2 Å². The molecular formula is C24H29ClN2O4.